The number of aliphatic carboxylic acids is 1. The topological polar surface area (TPSA) is 79.3 Å². The predicted octanol–water partition coefficient (Wildman–Crippen LogP) is 2.23. The van der Waals surface area contributed by atoms with Crippen LogP contribution in [0.25, 0.3) is 0 Å². The molecule has 114 valence electrons. The number of hydrogen-bond donors (Lipinski definition) is 2. The average molecular weight is 294 g/mol. The molecule has 6 heteroatoms. The van der Waals surface area contributed by atoms with Gasteiger partial charge in [-0.3, -0.25) is 14.6 Å². The highest BCUT2D eigenvalue weighted by Crippen LogP contribution is 2.38. The second-order valence-electron chi connectivity index (χ2n) is 5.84. The molecule has 21 heavy (non-hydrogen) atoms. The maximum Gasteiger partial charge on any atom is 0.311 e. The van der Waals surface area contributed by atoms with E-state index < -0.39 is 23.1 Å². The zero-order valence-corrected chi connectivity index (χ0v) is 11.9. The van der Waals surface area contributed by atoms with Gasteiger partial charge in [0.1, 0.15) is 5.82 Å². The van der Waals surface area contributed by atoms with E-state index >= 15 is 0 Å². The van der Waals surface area contributed by atoms with Gasteiger partial charge in [-0.05, 0) is 37.7 Å². The predicted molar refractivity (Wildman–Crippen MR) is 74.2 cm³/mol. The number of nitrogens with one attached hydrogen (secondary N) is 1. The van der Waals surface area contributed by atoms with Gasteiger partial charge in [-0.25, -0.2) is 4.39 Å². The minimum atomic E-state index is -0.914. The van der Waals surface area contributed by atoms with Crippen molar-refractivity contribution in [2.75, 3.05) is 6.54 Å². The lowest BCUT2D eigenvalue weighted by Gasteiger charge is -2.35. The number of carbonyl (C=O) groups is 2. The number of aromatic nitrogens is 1. The molecule has 1 aromatic rings. The first kappa shape index (κ1) is 15.4. The van der Waals surface area contributed by atoms with Gasteiger partial charge in [0.2, 0.25) is 0 Å². The fraction of sp³-hybridized carbons (Fsp3) is 0.533. The number of nitrogens with zero attached hydrogens (tertiary/aromatic N) is 1. The Kier molecular flexibility index (Phi) is 4.55. The molecule has 5 nitrogen and oxygen atoms in total. The number of pyridine rings is 1. The van der Waals surface area contributed by atoms with Crippen LogP contribution < -0.4 is 5.32 Å². The maximum absolute atomic E-state index is 13.0. The number of carboxylic acids is 1. The van der Waals surface area contributed by atoms with Gasteiger partial charge >= 0.3 is 5.97 Å². The van der Waals surface area contributed by atoms with Gasteiger partial charge in [0, 0.05) is 12.7 Å². The van der Waals surface area contributed by atoms with Crippen molar-refractivity contribution in [3.63, 3.8) is 0 Å². The van der Waals surface area contributed by atoms with E-state index in [-0.39, 0.29) is 12.1 Å². The van der Waals surface area contributed by atoms with Gasteiger partial charge in [0.15, 0.2) is 0 Å². The van der Waals surface area contributed by atoms with E-state index in [1.807, 2.05) is 0 Å². The monoisotopic (exact) mass is 294 g/mol. The quantitative estimate of drug-likeness (QED) is 0.892. The summed E-state index contributed by atoms with van der Waals surface area (Å²) < 4.78 is 13.0. The van der Waals surface area contributed by atoms with Gasteiger partial charge in [-0.1, -0.05) is 6.92 Å². The molecular weight excluding hydrogens is 275 g/mol. The van der Waals surface area contributed by atoms with Crippen LogP contribution in [-0.4, -0.2) is 28.5 Å². The summed E-state index contributed by atoms with van der Waals surface area (Å²) in [5, 5.41) is 12.1. The van der Waals surface area contributed by atoms with Gasteiger partial charge in [0.05, 0.1) is 17.2 Å². The second kappa shape index (κ2) is 6.20. The van der Waals surface area contributed by atoms with Crippen LogP contribution in [-0.2, 0) is 4.79 Å². The Labute approximate surface area is 122 Å². The molecular formula is C15H19FN2O3. The molecule has 0 aliphatic heterocycles. The van der Waals surface area contributed by atoms with Crippen LogP contribution in [0.2, 0.25) is 0 Å². The lowest BCUT2D eigenvalue weighted by molar-refractivity contribution is -0.151. The minimum Gasteiger partial charge on any atom is -0.481 e. The molecule has 1 aliphatic carbocycles. The van der Waals surface area contributed by atoms with E-state index in [9.17, 15) is 19.1 Å². The summed E-state index contributed by atoms with van der Waals surface area (Å²) in [5.74, 6) is -1.46. The van der Waals surface area contributed by atoms with Gasteiger partial charge < -0.3 is 10.4 Å². The highest BCUT2D eigenvalue weighted by Gasteiger charge is 2.41. The number of hydrogen-bond acceptors (Lipinski definition) is 3. The van der Waals surface area contributed by atoms with E-state index in [1.54, 1.807) is 0 Å². The zero-order chi connectivity index (χ0) is 15.5. The molecule has 1 aliphatic rings. The molecule has 1 saturated carbocycles. The first-order valence-electron chi connectivity index (χ1n) is 7.05. The lowest BCUT2D eigenvalue weighted by atomic mass is 9.71. The normalized spacial score (nSPS) is 25.3. The van der Waals surface area contributed by atoms with Crippen molar-refractivity contribution >= 4 is 11.9 Å². The van der Waals surface area contributed by atoms with E-state index in [1.165, 1.54) is 6.20 Å². The smallest absolute Gasteiger partial charge is 0.311 e. The summed E-state index contributed by atoms with van der Waals surface area (Å²) in [4.78, 5) is 27.1. The molecule has 1 fully saturated rings. The second-order valence-corrected chi connectivity index (χ2v) is 5.84. The van der Waals surface area contributed by atoms with Gasteiger partial charge in [0.25, 0.3) is 5.91 Å². The van der Waals surface area contributed by atoms with Crippen LogP contribution in [0.3, 0.4) is 0 Å². The maximum atomic E-state index is 13.0. The molecule has 0 radical (unpaired) electrons. The standard InChI is InChI=1S/C15H19FN2O3/c1-10-2-4-15(5-3-10,14(20)21)9-18-13(19)11-6-12(16)8-17-7-11/h6-8,10H,2-5,9H2,1H3,(H,18,19)(H,20,21). The molecule has 1 heterocycles. The SMILES string of the molecule is CC1CCC(CNC(=O)c2cncc(F)c2)(C(=O)O)CC1. The Morgan fingerprint density at radius 2 is 2.10 bits per heavy atom. The fourth-order valence-corrected chi connectivity index (χ4v) is 2.67. The number of carbonyl (C=O) groups excluding carboxylic acids is 1. The van der Waals surface area contributed by atoms with Crippen molar-refractivity contribution in [3.8, 4) is 0 Å². The number of halogens is 1. The van der Waals surface area contributed by atoms with Crippen LogP contribution in [0.1, 0.15) is 43.0 Å². The highest BCUT2D eigenvalue weighted by molar-refractivity contribution is 5.94. The molecule has 1 amide bonds. The summed E-state index contributed by atoms with van der Waals surface area (Å²) in [7, 11) is 0. The number of carboxylic acid groups (broad SMARTS) is 1. The Morgan fingerprint density at radius 1 is 1.43 bits per heavy atom. The van der Waals surface area contributed by atoms with Crippen LogP contribution in [0.5, 0.6) is 0 Å². The Morgan fingerprint density at radius 3 is 2.67 bits per heavy atom. The largest absolute Gasteiger partial charge is 0.481 e. The van der Waals surface area contributed by atoms with E-state index in [4.69, 9.17) is 0 Å². The fourth-order valence-electron chi connectivity index (χ4n) is 2.67. The van der Waals surface area contributed by atoms with Gasteiger partial charge in [-0.2, -0.15) is 0 Å². The molecule has 0 spiro atoms. The third-order valence-corrected chi connectivity index (χ3v) is 4.24. The van der Waals surface area contributed by atoms with E-state index in [0.29, 0.717) is 18.8 Å². The molecule has 1 aromatic heterocycles. The third kappa shape index (κ3) is 3.56. The molecule has 0 atom stereocenters. The van der Waals surface area contributed by atoms with Crippen LogP contribution in [0.4, 0.5) is 4.39 Å². The molecule has 2 N–H and O–H groups in total. The summed E-state index contributed by atoms with van der Waals surface area (Å²) in [6, 6.07) is 1.08. The Bertz CT molecular complexity index is 539. The van der Waals surface area contributed by atoms with E-state index in [2.05, 4.69) is 17.2 Å². The Hall–Kier alpha value is -1.98. The number of amides is 1. The summed E-state index contributed by atoms with van der Waals surface area (Å²) in [6.45, 7) is 2.16. The number of rotatable bonds is 4. The van der Waals surface area contributed by atoms with Crippen LogP contribution in [0, 0.1) is 17.2 Å². The Balaban J connectivity index is 2.02. The summed E-state index contributed by atoms with van der Waals surface area (Å²) in [5.41, 5.74) is -0.817. The van der Waals surface area contributed by atoms with Crippen molar-refractivity contribution in [2.45, 2.75) is 32.6 Å². The van der Waals surface area contributed by atoms with Gasteiger partial charge in [-0.15, -0.1) is 0 Å². The average Bonchev–Trinajstić information content (AvgIpc) is 2.46. The lowest BCUT2D eigenvalue weighted by Crippen LogP contribution is -2.45. The van der Waals surface area contributed by atoms with Crippen molar-refractivity contribution in [1.29, 1.82) is 0 Å². The molecule has 0 aromatic carbocycles. The van der Waals surface area contributed by atoms with E-state index in [0.717, 1.165) is 25.1 Å². The third-order valence-electron chi connectivity index (χ3n) is 4.24. The zero-order valence-electron chi connectivity index (χ0n) is 11.9. The summed E-state index contributed by atoms with van der Waals surface area (Å²) in [6.07, 6.45) is 5.04. The molecule has 0 saturated heterocycles. The minimum absolute atomic E-state index is 0.0599. The molecule has 0 bridgehead atoms. The highest BCUT2D eigenvalue weighted by atomic mass is 19.1. The van der Waals surface area contributed by atoms with Crippen molar-refractivity contribution in [3.05, 3.63) is 29.8 Å². The first-order valence-corrected chi connectivity index (χ1v) is 7.05. The van der Waals surface area contributed by atoms with Crippen molar-refractivity contribution in [1.82, 2.24) is 10.3 Å². The van der Waals surface area contributed by atoms with Crippen molar-refractivity contribution in [2.24, 2.45) is 11.3 Å². The van der Waals surface area contributed by atoms with Crippen LogP contribution in [0.15, 0.2) is 18.5 Å². The molecule has 2 rings (SSSR count). The summed E-state index contributed by atoms with van der Waals surface area (Å²) >= 11 is 0. The molecule has 0 unspecified atom stereocenters. The first-order chi connectivity index (χ1) is 9.93. The van der Waals surface area contributed by atoms with Crippen molar-refractivity contribution < 1.29 is 19.1 Å². The van der Waals surface area contributed by atoms with Crippen LogP contribution >= 0.6 is 0 Å².